The third-order valence-electron chi connectivity index (χ3n) is 4.25. The highest BCUT2D eigenvalue weighted by atomic mass is 16.6. The zero-order valence-electron chi connectivity index (χ0n) is 14.1. The van der Waals surface area contributed by atoms with Crippen LogP contribution >= 0.6 is 0 Å². The molecule has 0 bridgehead atoms. The van der Waals surface area contributed by atoms with Gasteiger partial charge < -0.3 is 4.90 Å². The van der Waals surface area contributed by atoms with Crippen LogP contribution in [-0.2, 0) is 13.1 Å². The van der Waals surface area contributed by atoms with E-state index in [9.17, 15) is 10.1 Å². The molecule has 126 valence electrons. The maximum atomic E-state index is 11.3. The summed E-state index contributed by atoms with van der Waals surface area (Å²) in [7, 11) is 0. The van der Waals surface area contributed by atoms with Crippen molar-refractivity contribution in [2.24, 2.45) is 0 Å². The van der Waals surface area contributed by atoms with Crippen LogP contribution < -0.4 is 4.90 Å². The predicted octanol–water partition coefficient (Wildman–Crippen LogP) is 5.11. The number of anilines is 1. The highest BCUT2D eigenvalue weighted by Crippen LogP contribution is 2.30. The quantitative estimate of drug-likeness (QED) is 0.465. The minimum absolute atomic E-state index is 0.156. The molecule has 3 aromatic rings. The van der Waals surface area contributed by atoms with E-state index in [-0.39, 0.29) is 10.6 Å². The average molecular weight is 332 g/mol. The molecule has 0 saturated carbocycles. The van der Waals surface area contributed by atoms with Crippen molar-refractivity contribution in [3.05, 3.63) is 106 Å². The van der Waals surface area contributed by atoms with Gasteiger partial charge in [-0.05, 0) is 24.1 Å². The largest absolute Gasteiger partial charge is 0.362 e. The summed E-state index contributed by atoms with van der Waals surface area (Å²) in [6.45, 7) is 3.20. The molecule has 25 heavy (non-hydrogen) atoms. The molecule has 4 heteroatoms. The molecular weight excluding hydrogens is 312 g/mol. The Balaban J connectivity index is 1.99. The Hall–Kier alpha value is -3.14. The molecule has 4 nitrogen and oxygen atoms in total. The van der Waals surface area contributed by atoms with Gasteiger partial charge in [-0.15, -0.1) is 0 Å². The van der Waals surface area contributed by atoms with Crippen LogP contribution in [0.4, 0.5) is 11.4 Å². The van der Waals surface area contributed by atoms with E-state index < -0.39 is 0 Å². The molecule has 3 rings (SSSR count). The normalized spacial score (nSPS) is 10.4. The second kappa shape index (κ2) is 7.62. The summed E-state index contributed by atoms with van der Waals surface area (Å²) in [5.41, 5.74) is 4.08. The molecule has 0 saturated heterocycles. The fourth-order valence-corrected chi connectivity index (χ4v) is 2.99. The smallest absolute Gasteiger partial charge is 0.274 e. The minimum Gasteiger partial charge on any atom is -0.362 e. The lowest BCUT2D eigenvalue weighted by Crippen LogP contribution is -2.23. The van der Waals surface area contributed by atoms with Crippen molar-refractivity contribution >= 4 is 11.4 Å². The Labute approximate surface area is 147 Å². The lowest BCUT2D eigenvalue weighted by molar-refractivity contribution is -0.385. The summed E-state index contributed by atoms with van der Waals surface area (Å²) in [5.74, 6) is 0. The molecule has 0 heterocycles. The highest BCUT2D eigenvalue weighted by molar-refractivity contribution is 5.61. The fourth-order valence-electron chi connectivity index (χ4n) is 2.99. The van der Waals surface area contributed by atoms with Crippen LogP contribution in [0.15, 0.2) is 78.9 Å². The number of nitro groups is 1. The standard InChI is InChI=1S/C21H20N2O2/c1-17-20(13-8-14-21(17)23(24)25)22(15-18-9-4-2-5-10-18)16-19-11-6-3-7-12-19/h2-14H,15-16H2,1H3. The number of hydrogen-bond acceptors (Lipinski definition) is 3. The second-order valence-corrected chi connectivity index (χ2v) is 6.01. The SMILES string of the molecule is Cc1c(N(Cc2ccccc2)Cc2ccccc2)cccc1[N+](=O)[O-]. The zero-order valence-corrected chi connectivity index (χ0v) is 14.1. The van der Waals surface area contributed by atoms with Crippen molar-refractivity contribution in [1.82, 2.24) is 0 Å². The van der Waals surface area contributed by atoms with Gasteiger partial charge in [-0.2, -0.15) is 0 Å². The molecule has 3 aromatic carbocycles. The Morgan fingerprint density at radius 2 is 1.32 bits per heavy atom. The first-order valence-electron chi connectivity index (χ1n) is 8.22. The van der Waals surface area contributed by atoms with E-state index >= 15 is 0 Å². The average Bonchev–Trinajstić information content (AvgIpc) is 2.63. The summed E-state index contributed by atoms with van der Waals surface area (Å²) >= 11 is 0. The van der Waals surface area contributed by atoms with Gasteiger partial charge in [-0.3, -0.25) is 10.1 Å². The minimum atomic E-state index is -0.317. The molecular formula is C21H20N2O2. The molecule has 0 aromatic heterocycles. The topological polar surface area (TPSA) is 46.4 Å². The van der Waals surface area contributed by atoms with Crippen molar-refractivity contribution in [3.8, 4) is 0 Å². The van der Waals surface area contributed by atoms with Gasteiger partial charge in [0.2, 0.25) is 0 Å². The van der Waals surface area contributed by atoms with Crippen molar-refractivity contribution in [1.29, 1.82) is 0 Å². The van der Waals surface area contributed by atoms with Crippen molar-refractivity contribution < 1.29 is 4.92 Å². The summed E-state index contributed by atoms with van der Waals surface area (Å²) in [6.07, 6.45) is 0. The molecule has 0 aliphatic carbocycles. The first-order chi connectivity index (χ1) is 12.1. The first-order valence-corrected chi connectivity index (χ1v) is 8.22. The molecule has 0 amide bonds. The van der Waals surface area contributed by atoms with Gasteiger partial charge in [0.15, 0.2) is 0 Å². The van der Waals surface area contributed by atoms with E-state index in [0.29, 0.717) is 18.7 Å². The lowest BCUT2D eigenvalue weighted by Gasteiger charge is -2.26. The molecule has 0 spiro atoms. The van der Waals surface area contributed by atoms with E-state index in [4.69, 9.17) is 0 Å². The Morgan fingerprint density at radius 3 is 1.80 bits per heavy atom. The van der Waals surface area contributed by atoms with Crippen LogP contribution in [-0.4, -0.2) is 4.92 Å². The summed E-state index contributed by atoms with van der Waals surface area (Å²) < 4.78 is 0. The van der Waals surface area contributed by atoms with Gasteiger partial charge in [0.1, 0.15) is 0 Å². The van der Waals surface area contributed by atoms with Crippen LogP contribution in [0.1, 0.15) is 16.7 Å². The number of benzene rings is 3. The molecule has 0 radical (unpaired) electrons. The van der Waals surface area contributed by atoms with Crippen LogP contribution in [0.2, 0.25) is 0 Å². The second-order valence-electron chi connectivity index (χ2n) is 6.01. The number of nitrogens with zero attached hydrogens (tertiary/aromatic N) is 2. The molecule has 0 atom stereocenters. The van der Waals surface area contributed by atoms with E-state index in [0.717, 1.165) is 5.69 Å². The maximum Gasteiger partial charge on any atom is 0.274 e. The summed E-state index contributed by atoms with van der Waals surface area (Å²) in [6, 6.07) is 25.6. The van der Waals surface area contributed by atoms with Crippen LogP contribution in [0.3, 0.4) is 0 Å². The fraction of sp³-hybridized carbons (Fsp3) is 0.143. The maximum absolute atomic E-state index is 11.3. The van der Waals surface area contributed by atoms with Gasteiger partial charge in [0.05, 0.1) is 10.5 Å². The van der Waals surface area contributed by atoms with E-state index in [1.54, 1.807) is 12.1 Å². The summed E-state index contributed by atoms with van der Waals surface area (Å²) in [5, 5.41) is 11.3. The molecule has 0 N–H and O–H groups in total. The van der Waals surface area contributed by atoms with Gasteiger partial charge in [0, 0.05) is 24.8 Å². The monoisotopic (exact) mass is 332 g/mol. The van der Waals surface area contributed by atoms with Gasteiger partial charge in [-0.1, -0.05) is 66.7 Å². The van der Waals surface area contributed by atoms with Crippen molar-refractivity contribution in [3.63, 3.8) is 0 Å². The van der Waals surface area contributed by atoms with Crippen molar-refractivity contribution in [2.75, 3.05) is 4.90 Å². The van der Waals surface area contributed by atoms with Gasteiger partial charge in [-0.25, -0.2) is 0 Å². The Morgan fingerprint density at radius 1 is 0.800 bits per heavy atom. The number of hydrogen-bond donors (Lipinski definition) is 0. The number of nitro benzene ring substituents is 1. The van der Waals surface area contributed by atoms with Gasteiger partial charge in [0.25, 0.3) is 5.69 Å². The Bertz CT molecular complexity index is 807. The highest BCUT2D eigenvalue weighted by Gasteiger charge is 2.18. The van der Waals surface area contributed by atoms with E-state index in [2.05, 4.69) is 29.2 Å². The van der Waals surface area contributed by atoms with Crippen LogP contribution in [0.5, 0.6) is 0 Å². The molecule has 0 unspecified atom stereocenters. The molecule has 0 aliphatic heterocycles. The first kappa shape index (κ1) is 16.7. The lowest BCUT2D eigenvalue weighted by atomic mass is 10.1. The predicted molar refractivity (Wildman–Crippen MR) is 101 cm³/mol. The zero-order chi connectivity index (χ0) is 17.6. The van der Waals surface area contributed by atoms with Gasteiger partial charge >= 0.3 is 0 Å². The molecule has 0 fully saturated rings. The van der Waals surface area contributed by atoms with E-state index in [1.807, 2.05) is 49.4 Å². The Kier molecular flexibility index (Phi) is 5.09. The van der Waals surface area contributed by atoms with E-state index in [1.165, 1.54) is 11.1 Å². The third kappa shape index (κ3) is 4.04. The molecule has 0 aliphatic rings. The third-order valence-corrected chi connectivity index (χ3v) is 4.25. The van der Waals surface area contributed by atoms with Crippen molar-refractivity contribution in [2.45, 2.75) is 20.0 Å². The van der Waals surface area contributed by atoms with Crippen LogP contribution in [0.25, 0.3) is 0 Å². The van der Waals surface area contributed by atoms with Crippen LogP contribution in [0, 0.1) is 17.0 Å². The summed E-state index contributed by atoms with van der Waals surface area (Å²) in [4.78, 5) is 13.2. The number of rotatable bonds is 6.